The second-order valence-corrected chi connectivity index (χ2v) is 5.40. The summed E-state index contributed by atoms with van der Waals surface area (Å²) in [6, 6.07) is 4.00. The van der Waals surface area contributed by atoms with E-state index in [1.807, 2.05) is 0 Å². The molecule has 0 heterocycles. The Morgan fingerprint density at radius 1 is 1.43 bits per heavy atom. The van der Waals surface area contributed by atoms with E-state index in [0.29, 0.717) is 18.1 Å². The van der Waals surface area contributed by atoms with Crippen LogP contribution in [-0.4, -0.2) is 13.0 Å². The lowest BCUT2D eigenvalue weighted by atomic mass is 10.0. The van der Waals surface area contributed by atoms with Gasteiger partial charge in [0.15, 0.2) is 0 Å². The van der Waals surface area contributed by atoms with Crippen molar-refractivity contribution in [2.75, 3.05) is 12.4 Å². The van der Waals surface area contributed by atoms with Gasteiger partial charge in [-0.25, -0.2) is 8.78 Å². The zero-order valence-electron chi connectivity index (χ0n) is 13.0. The van der Waals surface area contributed by atoms with Crippen LogP contribution in [0.2, 0.25) is 0 Å². The fourth-order valence-corrected chi connectivity index (χ4v) is 1.87. The van der Waals surface area contributed by atoms with Crippen molar-refractivity contribution < 1.29 is 18.3 Å². The van der Waals surface area contributed by atoms with Crippen LogP contribution in [0.4, 0.5) is 14.5 Å². The first kappa shape index (κ1) is 17.4. The van der Waals surface area contributed by atoms with E-state index in [9.17, 15) is 13.6 Å². The number of methoxy groups -OCH3 is 1. The molecule has 118 valence electrons. The number of carbonyl (C=O) groups excluding carboxylic acids is 1. The van der Waals surface area contributed by atoms with Crippen molar-refractivity contribution in [2.45, 2.75) is 46.0 Å². The summed E-state index contributed by atoms with van der Waals surface area (Å²) in [4.78, 5) is 11.9. The van der Waals surface area contributed by atoms with Crippen molar-refractivity contribution in [1.29, 1.82) is 0 Å². The highest BCUT2D eigenvalue weighted by atomic mass is 19.3. The zero-order chi connectivity index (χ0) is 16.0. The van der Waals surface area contributed by atoms with Gasteiger partial charge in [0.25, 0.3) is 5.92 Å². The molecule has 1 aromatic carbocycles. The van der Waals surface area contributed by atoms with E-state index in [-0.39, 0.29) is 17.2 Å². The molecule has 1 amide bonds. The largest absolute Gasteiger partial charge is 0.495 e. The van der Waals surface area contributed by atoms with E-state index in [4.69, 9.17) is 4.74 Å². The number of hydrogen-bond acceptors (Lipinski definition) is 2. The Hall–Kier alpha value is -1.65. The quantitative estimate of drug-likeness (QED) is 0.800. The smallest absolute Gasteiger partial charge is 0.270 e. The Labute approximate surface area is 124 Å². The van der Waals surface area contributed by atoms with Crippen LogP contribution in [0, 0.1) is 5.92 Å². The van der Waals surface area contributed by atoms with Gasteiger partial charge in [-0.1, -0.05) is 20.3 Å². The van der Waals surface area contributed by atoms with Crippen molar-refractivity contribution in [3.63, 3.8) is 0 Å². The molecule has 1 rings (SSSR count). The average molecular weight is 299 g/mol. The lowest BCUT2D eigenvalue weighted by Gasteiger charge is -2.16. The highest BCUT2D eigenvalue weighted by molar-refractivity contribution is 5.92. The van der Waals surface area contributed by atoms with Gasteiger partial charge in [-0.15, -0.1) is 0 Å². The van der Waals surface area contributed by atoms with Crippen molar-refractivity contribution in [1.82, 2.24) is 0 Å². The van der Waals surface area contributed by atoms with Crippen LogP contribution in [0.5, 0.6) is 5.75 Å². The summed E-state index contributed by atoms with van der Waals surface area (Å²) in [6.45, 7) is 4.97. The molecule has 3 nitrogen and oxygen atoms in total. The third kappa shape index (κ3) is 5.33. The number of hydrogen-bond donors (Lipinski definition) is 1. The summed E-state index contributed by atoms with van der Waals surface area (Å²) in [5, 5.41) is 2.66. The van der Waals surface area contributed by atoms with Crippen LogP contribution in [-0.2, 0) is 10.7 Å². The first-order valence-corrected chi connectivity index (χ1v) is 7.14. The fraction of sp³-hybridized carbons (Fsp3) is 0.562. The summed E-state index contributed by atoms with van der Waals surface area (Å²) in [7, 11) is 1.44. The van der Waals surface area contributed by atoms with Crippen molar-refractivity contribution in [2.24, 2.45) is 5.92 Å². The number of rotatable bonds is 7. The molecule has 1 aromatic rings. The Morgan fingerprint density at radius 2 is 2.10 bits per heavy atom. The number of alkyl halides is 2. The molecular formula is C16H23F2NO2. The summed E-state index contributed by atoms with van der Waals surface area (Å²) in [5.41, 5.74) is 0.131. The van der Waals surface area contributed by atoms with E-state index in [0.717, 1.165) is 19.8 Å². The van der Waals surface area contributed by atoms with E-state index in [2.05, 4.69) is 19.2 Å². The van der Waals surface area contributed by atoms with Gasteiger partial charge in [-0.05, 0) is 30.5 Å². The number of anilines is 1. The third-order valence-corrected chi connectivity index (χ3v) is 3.54. The van der Waals surface area contributed by atoms with Crippen LogP contribution >= 0.6 is 0 Å². The molecule has 0 fully saturated rings. The summed E-state index contributed by atoms with van der Waals surface area (Å²) >= 11 is 0. The van der Waals surface area contributed by atoms with Crippen molar-refractivity contribution >= 4 is 11.6 Å². The number of halogens is 2. The minimum absolute atomic E-state index is 0.152. The van der Waals surface area contributed by atoms with Gasteiger partial charge in [0, 0.05) is 18.9 Å². The minimum Gasteiger partial charge on any atom is -0.495 e. The number of ether oxygens (including phenoxy) is 1. The molecule has 0 aliphatic carbocycles. The van der Waals surface area contributed by atoms with Gasteiger partial charge in [0.2, 0.25) is 5.91 Å². The molecule has 0 aromatic heterocycles. The molecule has 0 bridgehead atoms. The second kappa shape index (κ2) is 7.38. The predicted molar refractivity (Wildman–Crippen MR) is 79.9 cm³/mol. The van der Waals surface area contributed by atoms with Crippen molar-refractivity contribution in [3.8, 4) is 5.75 Å². The summed E-state index contributed by atoms with van der Waals surface area (Å²) in [6.07, 6.45) is 2.15. The van der Waals surface area contributed by atoms with Crippen LogP contribution in [0.1, 0.15) is 45.6 Å². The van der Waals surface area contributed by atoms with Crippen LogP contribution < -0.4 is 10.1 Å². The molecule has 1 N–H and O–H groups in total. The van der Waals surface area contributed by atoms with E-state index in [1.165, 1.54) is 25.3 Å². The van der Waals surface area contributed by atoms with Gasteiger partial charge in [0.1, 0.15) is 5.75 Å². The van der Waals surface area contributed by atoms with Gasteiger partial charge in [-0.3, -0.25) is 4.79 Å². The van der Waals surface area contributed by atoms with Crippen LogP contribution in [0.3, 0.4) is 0 Å². The van der Waals surface area contributed by atoms with Crippen LogP contribution in [0.15, 0.2) is 18.2 Å². The second-order valence-electron chi connectivity index (χ2n) is 5.40. The molecule has 0 aliphatic heterocycles. The van der Waals surface area contributed by atoms with E-state index in [1.54, 1.807) is 0 Å². The van der Waals surface area contributed by atoms with Gasteiger partial charge in [0.05, 0.1) is 12.8 Å². The topological polar surface area (TPSA) is 38.3 Å². The number of amides is 1. The Kier molecular flexibility index (Phi) is 6.12. The highest BCUT2D eigenvalue weighted by Crippen LogP contribution is 2.33. The third-order valence-electron chi connectivity index (χ3n) is 3.54. The monoisotopic (exact) mass is 299 g/mol. The predicted octanol–water partition coefficient (Wildman–Crippen LogP) is 4.57. The van der Waals surface area contributed by atoms with Gasteiger partial charge < -0.3 is 10.1 Å². The molecule has 0 saturated carbocycles. The first-order chi connectivity index (χ1) is 9.77. The van der Waals surface area contributed by atoms with E-state index < -0.39 is 5.92 Å². The number of carbonyl (C=O) groups is 1. The van der Waals surface area contributed by atoms with Gasteiger partial charge >= 0.3 is 0 Å². The molecule has 0 radical (unpaired) electrons. The average Bonchev–Trinajstić information content (AvgIpc) is 2.43. The minimum atomic E-state index is -2.96. The van der Waals surface area contributed by atoms with E-state index >= 15 is 0 Å². The Morgan fingerprint density at radius 3 is 2.62 bits per heavy atom. The van der Waals surface area contributed by atoms with Gasteiger partial charge in [-0.2, -0.15) is 0 Å². The maximum atomic E-state index is 13.4. The molecule has 1 atom stereocenters. The zero-order valence-corrected chi connectivity index (χ0v) is 13.0. The summed E-state index contributed by atoms with van der Waals surface area (Å²) < 4.78 is 31.8. The molecule has 0 aliphatic rings. The molecule has 0 spiro atoms. The molecule has 5 heteroatoms. The number of benzene rings is 1. The normalized spacial score (nSPS) is 12.9. The molecule has 1 unspecified atom stereocenters. The lowest BCUT2D eigenvalue weighted by molar-refractivity contribution is -0.116. The highest BCUT2D eigenvalue weighted by Gasteiger charge is 2.25. The SMILES string of the molecule is CCC(C)CCC(=O)Nc1cc(C(C)(F)F)ccc1OC. The maximum Gasteiger partial charge on any atom is 0.270 e. The lowest BCUT2D eigenvalue weighted by Crippen LogP contribution is -2.15. The van der Waals surface area contributed by atoms with Crippen LogP contribution in [0.25, 0.3) is 0 Å². The fourth-order valence-electron chi connectivity index (χ4n) is 1.87. The Bertz CT molecular complexity index is 484. The summed E-state index contributed by atoms with van der Waals surface area (Å²) in [5.74, 6) is -2.31. The number of nitrogens with one attached hydrogen (secondary N) is 1. The molecule has 21 heavy (non-hydrogen) atoms. The first-order valence-electron chi connectivity index (χ1n) is 7.14. The molecule has 0 saturated heterocycles. The molecular weight excluding hydrogens is 276 g/mol. The standard InChI is InChI=1S/C16H23F2NO2/c1-5-11(2)6-9-15(20)19-13-10-12(16(3,17)18)7-8-14(13)21-4/h7-8,10-11H,5-6,9H2,1-4H3,(H,19,20). The Balaban J connectivity index is 2.83. The maximum absolute atomic E-state index is 13.4. The van der Waals surface area contributed by atoms with Crippen molar-refractivity contribution in [3.05, 3.63) is 23.8 Å².